The lowest BCUT2D eigenvalue weighted by molar-refractivity contribution is -0.830. The molecule has 2 heterocycles. The maximum atomic E-state index is 12.5. The Morgan fingerprint density at radius 1 is 1.25 bits per heavy atom. The van der Waals surface area contributed by atoms with Gasteiger partial charge in [0.2, 0.25) is 0 Å². The van der Waals surface area contributed by atoms with E-state index in [0.717, 1.165) is 23.6 Å². The number of benzene rings is 1. The van der Waals surface area contributed by atoms with E-state index in [2.05, 4.69) is 0 Å². The van der Waals surface area contributed by atoms with E-state index in [0.29, 0.717) is 9.23 Å². The van der Waals surface area contributed by atoms with Crippen molar-refractivity contribution in [3.8, 4) is 0 Å². The van der Waals surface area contributed by atoms with Gasteiger partial charge in [0.25, 0.3) is 0 Å². The standard InChI is InChI=1S/C17H18N2O3S2.2C2H6/c1-11-3-8-14(22-11)9-16-15(20)10-19(17(23)24-16)13-6-4-12(5-7-13)18-21-2;2*1-2/h4-9,11,18H,3,10H2,1-2H3;2*1-2H3/p+1/b16-9-;;. The summed E-state index contributed by atoms with van der Waals surface area (Å²) in [6, 6.07) is 7.73. The molecule has 154 valence electrons. The largest absolute Gasteiger partial charge is 0.491 e. The summed E-state index contributed by atoms with van der Waals surface area (Å²) in [5.74, 6) is 0.805. The highest BCUT2D eigenvalue weighted by Crippen LogP contribution is 2.32. The van der Waals surface area contributed by atoms with Crippen LogP contribution in [-0.4, -0.2) is 29.9 Å². The number of Topliss-reactive ketones (excluding diaryl/α,β-unsaturated/α-hetero) is 1. The second-order valence-electron chi connectivity index (χ2n) is 5.60. The molecule has 1 atom stereocenters. The van der Waals surface area contributed by atoms with Gasteiger partial charge in [-0.15, -0.1) is 0 Å². The third-order valence-electron chi connectivity index (χ3n) is 3.71. The molecule has 2 N–H and O–H groups in total. The molecule has 5 nitrogen and oxygen atoms in total. The van der Waals surface area contributed by atoms with Crippen molar-refractivity contribution in [2.24, 2.45) is 0 Å². The quantitative estimate of drug-likeness (QED) is 0.334. The van der Waals surface area contributed by atoms with Crippen molar-refractivity contribution in [3.63, 3.8) is 0 Å². The van der Waals surface area contributed by atoms with E-state index in [1.807, 2.05) is 69.9 Å². The number of thioether (sulfide) groups is 1. The van der Waals surface area contributed by atoms with Gasteiger partial charge in [-0.3, -0.25) is 4.79 Å². The van der Waals surface area contributed by atoms with Crippen LogP contribution >= 0.6 is 24.0 Å². The number of thiocarbonyl (C=S) groups is 1. The van der Waals surface area contributed by atoms with Gasteiger partial charge in [-0.25, -0.2) is 4.84 Å². The smallest absolute Gasteiger partial charge is 0.189 e. The zero-order valence-electron chi connectivity index (χ0n) is 17.5. The number of nitrogens with two attached hydrogens (primary N) is 1. The van der Waals surface area contributed by atoms with Crippen LogP contribution in [0.25, 0.3) is 0 Å². The molecular formula is C21H31N2O3S2+. The molecule has 0 spiro atoms. The Kier molecular flexibility index (Phi) is 11.1. The zero-order chi connectivity index (χ0) is 21.1. The number of hydrogen-bond acceptors (Lipinski definition) is 5. The molecule has 1 saturated heterocycles. The van der Waals surface area contributed by atoms with Gasteiger partial charge < -0.3 is 9.64 Å². The molecule has 1 aromatic carbocycles. The molecule has 2 aliphatic heterocycles. The topological polar surface area (TPSA) is 55.4 Å². The zero-order valence-corrected chi connectivity index (χ0v) is 19.2. The van der Waals surface area contributed by atoms with Crippen molar-refractivity contribution in [2.75, 3.05) is 18.6 Å². The second kappa shape index (κ2) is 12.7. The third kappa shape index (κ3) is 6.74. The van der Waals surface area contributed by atoms with Gasteiger partial charge in [0.05, 0.1) is 24.7 Å². The summed E-state index contributed by atoms with van der Waals surface area (Å²) in [5, 5.41) is 0. The minimum atomic E-state index is 0.0465. The lowest BCUT2D eigenvalue weighted by Crippen LogP contribution is -2.75. The van der Waals surface area contributed by atoms with E-state index in [1.54, 1.807) is 18.7 Å². The number of rotatable bonds is 4. The molecule has 1 unspecified atom stereocenters. The Labute approximate surface area is 178 Å². The van der Waals surface area contributed by atoms with Crippen LogP contribution in [0.5, 0.6) is 0 Å². The fourth-order valence-electron chi connectivity index (χ4n) is 2.50. The van der Waals surface area contributed by atoms with E-state index in [-0.39, 0.29) is 18.4 Å². The molecule has 0 aromatic heterocycles. The van der Waals surface area contributed by atoms with Gasteiger partial charge in [0, 0.05) is 24.2 Å². The number of ketones is 1. The van der Waals surface area contributed by atoms with Crippen LogP contribution in [0.3, 0.4) is 0 Å². The summed E-state index contributed by atoms with van der Waals surface area (Å²) in [6.07, 6.45) is 4.86. The molecule has 3 rings (SSSR count). The van der Waals surface area contributed by atoms with Gasteiger partial charge in [-0.1, -0.05) is 51.7 Å². The monoisotopic (exact) mass is 423 g/mol. The van der Waals surface area contributed by atoms with Crippen LogP contribution in [0.2, 0.25) is 0 Å². The lowest BCUT2D eigenvalue weighted by Gasteiger charge is -2.29. The van der Waals surface area contributed by atoms with Crippen molar-refractivity contribution in [3.05, 3.63) is 47.1 Å². The molecule has 2 aliphatic rings. The maximum absolute atomic E-state index is 12.5. The first-order chi connectivity index (χ1) is 13.6. The van der Waals surface area contributed by atoms with Gasteiger partial charge in [-0.05, 0) is 31.2 Å². The first kappa shape index (κ1) is 24.4. The van der Waals surface area contributed by atoms with E-state index < -0.39 is 0 Å². The second-order valence-corrected chi connectivity index (χ2v) is 7.28. The van der Waals surface area contributed by atoms with Crippen LogP contribution in [0.4, 0.5) is 11.4 Å². The predicted molar refractivity (Wildman–Crippen MR) is 122 cm³/mol. The Bertz CT molecular complexity index is 715. The van der Waals surface area contributed by atoms with Crippen molar-refractivity contribution in [2.45, 2.75) is 47.1 Å². The van der Waals surface area contributed by atoms with Crippen molar-refractivity contribution < 1.29 is 19.8 Å². The predicted octanol–water partition coefficient (Wildman–Crippen LogP) is 4.48. The van der Waals surface area contributed by atoms with E-state index in [4.69, 9.17) is 21.8 Å². The molecule has 0 amide bonds. The lowest BCUT2D eigenvalue weighted by atomic mass is 10.2. The average Bonchev–Trinajstić information content (AvgIpc) is 3.13. The summed E-state index contributed by atoms with van der Waals surface area (Å²) in [5.41, 5.74) is 3.52. The third-order valence-corrected chi connectivity index (χ3v) is 5.15. The maximum Gasteiger partial charge on any atom is 0.189 e. The Balaban J connectivity index is 0.000000921. The van der Waals surface area contributed by atoms with Gasteiger partial charge in [-0.2, -0.15) is 5.48 Å². The number of allylic oxidation sites excluding steroid dienone is 1. The summed E-state index contributed by atoms with van der Waals surface area (Å²) >= 11 is 6.81. The SMILES string of the molecule is CC.CC.CO[NH2+]c1ccc(N2CC(=O)/C(=C/C3=CCC(C)O3)SC2=S)cc1. The van der Waals surface area contributed by atoms with E-state index in [1.165, 1.54) is 11.8 Å². The molecule has 0 saturated carbocycles. The molecule has 28 heavy (non-hydrogen) atoms. The number of quaternary nitrogens is 1. The molecule has 1 fully saturated rings. The highest BCUT2D eigenvalue weighted by molar-refractivity contribution is 8.26. The van der Waals surface area contributed by atoms with Crippen molar-refractivity contribution in [1.29, 1.82) is 0 Å². The van der Waals surface area contributed by atoms with Crippen molar-refractivity contribution in [1.82, 2.24) is 0 Å². The van der Waals surface area contributed by atoms with Crippen LogP contribution in [-0.2, 0) is 14.4 Å². The summed E-state index contributed by atoms with van der Waals surface area (Å²) in [4.78, 5) is 19.9. The minimum Gasteiger partial charge on any atom is -0.491 e. The Morgan fingerprint density at radius 2 is 1.89 bits per heavy atom. The van der Waals surface area contributed by atoms with Crippen LogP contribution in [0.15, 0.2) is 47.1 Å². The Morgan fingerprint density at radius 3 is 2.43 bits per heavy atom. The number of anilines is 1. The highest BCUT2D eigenvalue weighted by atomic mass is 32.2. The number of carbonyl (C=O) groups is 1. The molecule has 0 radical (unpaired) electrons. The van der Waals surface area contributed by atoms with Gasteiger partial charge in [0.1, 0.15) is 10.1 Å². The van der Waals surface area contributed by atoms with E-state index >= 15 is 0 Å². The first-order valence-corrected chi connectivity index (χ1v) is 10.9. The van der Waals surface area contributed by atoms with Crippen LogP contribution < -0.4 is 10.4 Å². The van der Waals surface area contributed by atoms with Crippen molar-refractivity contribution >= 4 is 45.5 Å². The average molecular weight is 424 g/mol. The minimum absolute atomic E-state index is 0.0465. The normalized spacial score (nSPS) is 19.9. The summed E-state index contributed by atoms with van der Waals surface area (Å²) < 4.78 is 6.31. The molecule has 0 aliphatic carbocycles. The number of ether oxygens (including phenoxy) is 1. The highest BCUT2D eigenvalue weighted by Gasteiger charge is 2.28. The molecular weight excluding hydrogens is 392 g/mol. The van der Waals surface area contributed by atoms with Gasteiger partial charge in [0.15, 0.2) is 11.5 Å². The van der Waals surface area contributed by atoms with Crippen LogP contribution in [0.1, 0.15) is 41.0 Å². The molecule has 1 aromatic rings. The fourth-order valence-corrected chi connectivity index (χ4v) is 3.76. The van der Waals surface area contributed by atoms with E-state index in [9.17, 15) is 4.79 Å². The molecule has 0 bridgehead atoms. The first-order valence-electron chi connectivity index (χ1n) is 9.64. The number of nitrogens with zero attached hydrogens (tertiary/aromatic N) is 1. The summed E-state index contributed by atoms with van der Waals surface area (Å²) in [6.45, 7) is 10.3. The van der Waals surface area contributed by atoms with Gasteiger partial charge >= 0.3 is 0 Å². The fraction of sp³-hybridized carbons (Fsp3) is 0.429. The molecule has 7 heteroatoms. The number of carbonyl (C=O) groups excluding carboxylic acids is 1. The summed E-state index contributed by atoms with van der Waals surface area (Å²) in [7, 11) is 1.61. The van der Waals surface area contributed by atoms with Crippen LogP contribution in [0, 0.1) is 0 Å². The number of hydrogen-bond donors (Lipinski definition) is 1. The Hall–Kier alpha value is -1.67.